The van der Waals surface area contributed by atoms with Crippen molar-refractivity contribution in [3.63, 3.8) is 0 Å². The van der Waals surface area contributed by atoms with Crippen LogP contribution in [0.5, 0.6) is 0 Å². The van der Waals surface area contributed by atoms with Crippen LogP contribution in [-0.2, 0) is 0 Å². The van der Waals surface area contributed by atoms with Crippen molar-refractivity contribution in [3.05, 3.63) is 33.8 Å². The summed E-state index contributed by atoms with van der Waals surface area (Å²) < 4.78 is 1.07. The highest BCUT2D eigenvalue weighted by Crippen LogP contribution is 2.22. The Morgan fingerprint density at radius 1 is 1.43 bits per heavy atom. The van der Waals surface area contributed by atoms with Gasteiger partial charge in [0.2, 0.25) is 0 Å². The Hall–Kier alpha value is -0.0900. The van der Waals surface area contributed by atoms with E-state index in [9.17, 15) is 0 Å². The summed E-state index contributed by atoms with van der Waals surface area (Å²) in [6, 6.07) is 6.21. The standard InChI is InChI=1S/C10H15BrN2.ClH/c1-7-2-3-8(11)6-9(7)10(13)4-5-12;/h2-3,6,10H,4-5,12-13H2,1H3;1H/t10-;/m1./s1. The number of hydrogen-bond donors (Lipinski definition) is 2. The molecule has 0 aliphatic rings. The zero-order valence-electron chi connectivity index (χ0n) is 8.16. The molecule has 80 valence electrons. The highest BCUT2D eigenvalue weighted by Gasteiger charge is 2.07. The SMILES string of the molecule is Cc1ccc(Br)cc1[C@H](N)CCN.Cl. The van der Waals surface area contributed by atoms with Crippen molar-refractivity contribution < 1.29 is 0 Å². The first-order valence-electron chi connectivity index (χ1n) is 4.37. The molecule has 0 spiro atoms. The Morgan fingerprint density at radius 2 is 2.07 bits per heavy atom. The van der Waals surface area contributed by atoms with Gasteiger partial charge in [0.15, 0.2) is 0 Å². The normalized spacial score (nSPS) is 12.0. The zero-order chi connectivity index (χ0) is 9.84. The lowest BCUT2D eigenvalue weighted by Gasteiger charge is -2.13. The molecule has 0 fully saturated rings. The van der Waals surface area contributed by atoms with Crippen LogP contribution < -0.4 is 11.5 Å². The second-order valence-corrected chi connectivity index (χ2v) is 4.10. The van der Waals surface area contributed by atoms with Gasteiger partial charge in [0.1, 0.15) is 0 Å². The minimum Gasteiger partial charge on any atom is -0.330 e. The highest BCUT2D eigenvalue weighted by molar-refractivity contribution is 9.10. The molecule has 0 amide bonds. The molecule has 0 unspecified atom stereocenters. The highest BCUT2D eigenvalue weighted by atomic mass is 79.9. The van der Waals surface area contributed by atoms with Gasteiger partial charge in [0, 0.05) is 10.5 Å². The first kappa shape index (κ1) is 13.9. The average Bonchev–Trinajstić information content (AvgIpc) is 2.09. The molecule has 0 saturated heterocycles. The summed E-state index contributed by atoms with van der Waals surface area (Å²) in [5, 5.41) is 0. The fourth-order valence-corrected chi connectivity index (χ4v) is 1.72. The molecule has 1 aromatic rings. The monoisotopic (exact) mass is 278 g/mol. The lowest BCUT2D eigenvalue weighted by molar-refractivity contribution is 0.657. The molecule has 1 aromatic carbocycles. The quantitative estimate of drug-likeness (QED) is 0.893. The maximum Gasteiger partial charge on any atom is 0.0309 e. The van der Waals surface area contributed by atoms with Gasteiger partial charge < -0.3 is 11.5 Å². The third kappa shape index (κ3) is 3.58. The van der Waals surface area contributed by atoms with E-state index < -0.39 is 0 Å². The van der Waals surface area contributed by atoms with Crippen molar-refractivity contribution in [3.8, 4) is 0 Å². The molecule has 0 heterocycles. The molecule has 0 saturated carbocycles. The van der Waals surface area contributed by atoms with Crippen molar-refractivity contribution in [1.82, 2.24) is 0 Å². The van der Waals surface area contributed by atoms with E-state index in [1.807, 2.05) is 6.07 Å². The van der Waals surface area contributed by atoms with Crippen LogP contribution in [0.15, 0.2) is 22.7 Å². The van der Waals surface area contributed by atoms with Gasteiger partial charge in [-0.2, -0.15) is 0 Å². The van der Waals surface area contributed by atoms with E-state index in [0.717, 1.165) is 10.9 Å². The van der Waals surface area contributed by atoms with E-state index in [4.69, 9.17) is 11.5 Å². The van der Waals surface area contributed by atoms with Crippen LogP contribution in [-0.4, -0.2) is 6.54 Å². The number of aryl methyl sites for hydroxylation is 1. The van der Waals surface area contributed by atoms with Gasteiger partial charge in [-0.25, -0.2) is 0 Å². The van der Waals surface area contributed by atoms with Crippen LogP contribution in [0, 0.1) is 6.92 Å². The van der Waals surface area contributed by atoms with Crippen LogP contribution in [0.4, 0.5) is 0 Å². The number of rotatable bonds is 3. The van der Waals surface area contributed by atoms with Crippen molar-refractivity contribution in [1.29, 1.82) is 0 Å². The van der Waals surface area contributed by atoms with Crippen molar-refractivity contribution >= 4 is 28.3 Å². The fourth-order valence-electron chi connectivity index (χ4n) is 1.35. The molecule has 2 nitrogen and oxygen atoms in total. The van der Waals surface area contributed by atoms with E-state index in [1.165, 1.54) is 11.1 Å². The first-order valence-corrected chi connectivity index (χ1v) is 5.16. The van der Waals surface area contributed by atoms with Crippen LogP contribution >= 0.6 is 28.3 Å². The summed E-state index contributed by atoms with van der Waals surface area (Å²) in [6.07, 6.45) is 0.831. The molecule has 4 heteroatoms. The molecule has 1 atom stereocenters. The van der Waals surface area contributed by atoms with E-state index in [0.29, 0.717) is 6.54 Å². The molecule has 1 rings (SSSR count). The third-order valence-electron chi connectivity index (χ3n) is 2.12. The molecule has 0 bridgehead atoms. The molecule has 4 N–H and O–H groups in total. The maximum absolute atomic E-state index is 5.97. The smallest absolute Gasteiger partial charge is 0.0309 e. The Balaban J connectivity index is 0.00000169. The summed E-state index contributed by atoms with van der Waals surface area (Å²) in [5.74, 6) is 0. The number of nitrogens with two attached hydrogens (primary N) is 2. The Kier molecular flexibility index (Phi) is 6.36. The van der Waals surface area contributed by atoms with E-state index in [1.54, 1.807) is 0 Å². The Bertz CT molecular complexity index is 291. The summed E-state index contributed by atoms with van der Waals surface area (Å²) in [4.78, 5) is 0. The second-order valence-electron chi connectivity index (χ2n) is 3.18. The third-order valence-corrected chi connectivity index (χ3v) is 2.61. The fraction of sp³-hybridized carbons (Fsp3) is 0.400. The molecule has 14 heavy (non-hydrogen) atoms. The van der Waals surface area contributed by atoms with Gasteiger partial charge >= 0.3 is 0 Å². The van der Waals surface area contributed by atoms with Crippen molar-refractivity contribution in [2.24, 2.45) is 11.5 Å². The van der Waals surface area contributed by atoms with E-state index in [-0.39, 0.29) is 18.4 Å². The largest absolute Gasteiger partial charge is 0.330 e. The lowest BCUT2D eigenvalue weighted by Crippen LogP contribution is -2.16. The van der Waals surface area contributed by atoms with Gasteiger partial charge in [0.05, 0.1) is 0 Å². The van der Waals surface area contributed by atoms with Crippen LogP contribution in [0.25, 0.3) is 0 Å². The molecule has 0 radical (unpaired) electrons. The van der Waals surface area contributed by atoms with E-state index >= 15 is 0 Å². The summed E-state index contributed by atoms with van der Waals surface area (Å²) in [5.41, 5.74) is 13.8. The molecule has 0 aliphatic heterocycles. The van der Waals surface area contributed by atoms with Crippen LogP contribution in [0.1, 0.15) is 23.6 Å². The Morgan fingerprint density at radius 3 is 2.64 bits per heavy atom. The summed E-state index contributed by atoms with van der Waals surface area (Å²) in [6.45, 7) is 2.70. The van der Waals surface area contributed by atoms with Gasteiger partial charge in [-0.05, 0) is 43.1 Å². The van der Waals surface area contributed by atoms with E-state index in [2.05, 4.69) is 35.0 Å². The predicted molar refractivity (Wildman–Crippen MR) is 66.7 cm³/mol. The first-order chi connectivity index (χ1) is 6.15. The van der Waals surface area contributed by atoms with Crippen molar-refractivity contribution in [2.75, 3.05) is 6.54 Å². The van der Waals surface area contributed by atoms with Gasteiger partial charge in [-0.3, -0.25) is 0 Å². The topological polar surface area (TPSA) is 52.0 Å². The molecule has 0 aromatic heterocycles. The predicted octanol–water partition coefficient (Wildman–Crippen LogP) is 2.53. The number of benzene rings is 1. The molecular weight excluding hydrogens is 263 g/mol. The van der Waals surface area contributed by atoms with Crippen LogP contribution in [0.3, 0.4) is 0 Å². The van der Waals surface area contributed by atoms with Crippen LogP contribution in [0.2, 0.25) is 0 Å². The lowest BCUT2D eigenvalue weighted by atomic mass is 10.00. The zero-order valence-corrected chi connectivity index (χ0v) is 10.6. The maximum atomic E-state index is 5.97. The van der Waals surface area contributed by atoms with Gasteiger partial charge in [-0.15, -0.1) is 12.4 Å². The average molecular weight is 280 g/mol. The number of hydrogen-bond acceptors (Lipinski definition) is 2. The molecular formula is C10H16BrClN2. The minimum atomic E-state index is 0. The molecule has 0 aliphatic carbocycles. The minimum absolute atomic E-state index is 0. The number of halogens is 2. The van der Waals surface area contributed by atoms with Gasteiger partial charge in [0.25, 0.3) is 0 Å². The summed E-state index contributed by atoms with van der Waals surface area (Å²) in [7, 11) is 0. The van der Waals surface area contributed by atoms with Gasteiger partial charge in [-0.1, -0.05) is 22.0 Å². The second kappa shape index (κ2) is 6.40. The summed E-state index contributed by atoms with van der Waals surface area (Å²) >= 11 is 3.43. The Labute approximate surface area is 99.6 Å². The van der Waals surface area contributed by atoms with Crippen molar-refractivity contribution in [2.45, 2.75) is 19.4 Å².